The number of carbonyl (C=O) groups excluding carboxylic acids is 1. The van der Waals surface area contributed by atoms with E-state index in [-0.39, 0.29) is 32.9 Å². The fourth-order valence-corrected chi connectivity index (χ4v) is 2.50. The Morgan fingerprint density at radius 1 is 1.05 bits per heavy atom. The van der Waals surface area contributed by atoms with E-state index in [1.54, 1.807) is 12.1 Å². The molecule has 0 unspecified atom stereocenters. The Labute approximate surface area is 118 Å². The number of hydrogen-bond donors (Lipinski definition) is 1. The second-order valence-electron chi connectivity index (χ2n) is 4.52. The smallest absolute Gasteiger partial charge is 0.291 e. The van der Waals surface area contributed by atoms with E-state index in [1.165, 1.54) is 24.3 Å². The SMILES string of the molecule is O=Cc1ccc2c([O-])c3ccccc3c(O)c2c1[N+](=O)[O-]. The number of aldehydes is 1. The largest absolute Gasteiger partial charge is 0.872 e. The minimum Gasteiger partial charge on any atom is -0.872 e. The van der Waals surface area contributed by atoms with Gasteiger partial charge in [0, 0.05) is 5.39 Å². The Balaban J connectivity index is 2.66. The molecule has 0 spiro atoms. The highest BCUT2D eigenvalue weighted by molar-refractivity contribution is 6.15. The van der Waals surface area contributed by atoms with Crippen molar-refractivity contribution in [1.82, 2.24) is 0 Å². The van der Waals surface area contributed by atoms with Crippen molar-refractivity contribution < 1.29 is 19.9 Å². The number of hydrogen-bond acceptors (Lipinski definition) is 5. The zero-order valence-electron chi connectivity index (χ0n) is 10.6. The first-order valence-electron chi connectivity index (χ1n) is 6.03. The molecule has 0 amide bonds. The molecule has 0 saturated heterocycles. The maximum absolute atomic E-state index is 12.4. The average molecular weight is 282 g/mol. The number of rotatable bonds is 2. The molecule has 0 bridgehead atoms. The third-order valence-corrected chi connectivity index (χ3v) is 3.43. The van der Waals surface area contributed by atoms with Gasteiger partial charge in [-0.15, -0.1) is 0 Å². The van der Waals surface area contributed by atoms with Gasteiger partial charge in [-0.1, -0.05) is 36.1 Å². The van der Waals surface area contributed by atoms with Gasteiger partial charge in [-0.05, 0) is 16.8 Å². The van der Waals surface area contributed by atoms with Gasteiger partial charge in [0.05, 0.1) is 10.5 Å². The second kappa shape index (κ2) is 4.45. The third kappa shape index (κ3) is 1.69. The molecule has 0 fully saturated rings. The predicted molar refractivity (Wildman–Crippen MR) is 74.6 cm³/mol. The minimum atomic E-state index is -0.764. The van der Waals surface area contributed by atoms with E-state index >= 15 is 0 Å². The molecule has 0 saturated carbocycles. The fraction of sp³-hybridized carbons (Fsp3) is 0. The Bertz CT molecular complexity index is 917. The van der Waals surface area contributed by atoms with Gasteiger partial charge in [-0.25, -0.2) is 0 Å². The molecule has 0 aliphatic heterocycles. The summed E-state index contributed by atoms with van der Waals surface area (Å²) in [7, 11) is 0. The number of fused-ring (bicyclic) bond motifs is 2. The van der Waals surface area contributed by atoms with Crippen molar-refractivity contribution in [2.24, 2.45) is 0 Å². The molecule has 3 aromatic carbocycles. The van der Waals surface area contributed by atoms with Crippen molar-refractivity contribution in [2.75, 3.05) is 0 Å². The number of nitrogens with zero attached hydrogens (tertiary/aromatic N) is 1. The summed E-state index contributed by atoms with van der Waals surface area (Å²) in [6.45, 7) is 0. The second-order valence-corrected chi connectivity index (χ2v) is 4.52. The van der Waals surface area contributed by atoms with Crippen molar-refractivity contribution in [1.29, 1.82) is 0 Å². The summed E-state index contributed by atoms with van der Waals surface area (Å²) < 4.78 is 0. The van der Waals surface area contributed by atoms with Crippen LogP contribution in [-0.2, 0) is 0 Å². The number of nitro groups is 1. The lowest BCUT2D eigenvalue weighted by molar-refractivity contribution is -0.383. The van der Waals surface area contributed by atoms with Gasteiger partial charge >= 0.3 is 0 Å². The molecule has 104 valence electrons. The molecule has 0 heterocycles. The van der Waals surface area contributed by atoms with Gasteiger partial charge in [-0.2, -0.15) is 0 Å². The van der Waals surface area contributed by atoms with Crippen LogP contribution >= 0.6 is 0 Å². The lowest BCUT2D eigenvalue weighted by Crippen LogP contribution is -1.99. The average Bonchev–Trinajstić information content (AvgIpc) is 2.51. The van der Waals surface area contributed by atoms with Crippen molar-refractivity contribution in [3.8, 4) is 11.5 Å². The van der Waals surface area contributed by atoms with Crippen LogP contribution < -0.4 is 5.11 Å². The van der Waals surface area contributed by atoms with Gasteiger partial charge in [0.15, 0.2) is 6.29 Å². The molecule has 0 radical (unpaired) electrons. The van der Waals surface area contributed by atoms with Crippen LogP contribution in [0.3, 0.4) is 0 Å². The van der Waals surface area contributed by atoms with Crippen molar-refractivity contribution in [3.63, 3.8) is 0 Å². The number of phenols is 1. The van der Waals surface area contributed by atoms with Crippen LogP contribution in [0.1, 0.15) is 10.4 Å². The first-order valence-corrected chi connectivity index (χ1v) is 6.03. The van der Waals surface area contributed by atoms with Crippen LogP contribution in [0.4, 0.5) is 5.69 Å². The highest BCUT2D eigenvalue weighted by atomic mass is 16.6. The molecule has 1 N–H and O–H groups in total. The molecule has 0 aromatic heterocycles. The number of carbonyl (C=O) groups is 1. The highest BCUT2D eigenvalue weighted by Crippen LogP contribution is 2.44. The Morgan fingerprint density at radius 3 is 2.33 bits per heavy atom. The standard InChI is InChI=1S/C15H9NO5/c17-7-8-5-6-11-12(13(8)16(20)21)15(19)10-4-2-1-3-9(10)14(11)18/h1-7,18-19H/p-1. The Kier molecular flexibility index (Phi) is 2.72. The van der Waals surface area contributed by atoms with Crippen molar-refractivity contribution in [2.45, 2.75) is 0 Å². The molecule has 3 rings (SSSR count). The topological polar surface area (TPSA) is 104 Å². The summed E-state index contributed by atoms with van der Waals surface area (Å²) >= 11 is 0. The van der Waals surface area contributed by atoms with E-state index in [9.17, 15) is 25.1 Å². The summed E-state index contributed by atoms with van der Waals surface area (Å²) in [4.78, 5) is 21.4. The molecular weight excluding hydrogens is 274 g/mol. The number of nitro benzene ring substituents is 1. The molecule has 21 heavy (non-hydrogen) atoms. The summed E-state index contributed by atoms with van der Waals surface area (Å²) in [5, 5.41) is 34.3. The van der Waals surface area contributed by atoms with Crippen LogP contribution in [0.25, 0.3) is 21.5 Å². The van der Waals surface area contributed by atoms with E-state index in [0.717, 1.165) is 0 Å². The van der Waals surface area contributed by atoms with Crippen LogP contribution in [-0.4, -0.2) is 16.3 Å². The summed E-state index contributed by atoms with van der Waals surface area (Å²) in [5.41, 5.74) is -0.736. The lowest BCUT2D eigenvalue weighted by Gasteiger charge is -2.17. The van der Waals surface area contributed by atoms with Crippen LogP contribution in [0.5, 0.6) is 11.5 Å². The summed E-state index contributed by atoms with van der Waals surface area (Å²) in [5.74, 6) is -0.783. The zero-order valence-corrected chi connectivity index (χ0v) is 10.6. The number of benzene rings is 3. The molecule has 6 nitrogen and oxygen atoms in total. The van der Waals surface area contributed by atoms with Gasteiger partial charge < -0.3 is 10.2 Å². The van der Waals surface area contributed by atoms with Gasteiger partial charge in [0.25, 0.3) is 5.69 Å². The molecule has 0 aliphatic rings. The molecular formula is C15H8NO5-. The first kappa shape index (κ1) is 12.9. The van der Waals surface area contributed by atoms with E-state index in [2.05, 4.69) is 0 Å². The first-order chi connectivity index (χ1) is 10.1. The van der Waals surface area contributed by atoms with Crippen molar-refractivity contribution in [3.05, 3.63) is 52.1 Å². The molecule has 0 atom stereocenters. The van der Waals surface area contributed by atoms with Crippen LogP contribution in [0.15, 0.2) is 36.4 Å². The quantitative estimate of drug-likeness (QED) is 0.336. The van der Waals surface area contributed by atoms with E-state index < -0.39 is 16.4 Å². The number of aromatic hydroxyl groups is 1. The number of phenolic OH excluding ortho intramolecular Hbond substituents is 1. The third-order valence-electron chi connectivity index (χ3n) is 3.43. The molecule has 0 aliphatic carbocycles. The highest BCUT2D eigenvalue weighted by Gasteiger charge is 2.23. The van der Waals surface area contributed by atoms with E-state index in [1.807, 2.05) is 0 Å². The van der Waals surface area contributed by atoms with Crippen LogP contribution in [0, 0.1) is 10.1 Å². The van der Waals surface area contributed by atoms with Gasteiger partial charge in [0.1, 0.15) is 11.1 Å². The van der Waals surface area contributed by atoms with Crippen LogP contribution in [0.2, 0.25) is 0 Å². The Morgan fingerprint density at radius 2 is 1.71 bits per heavy atom. The van der Waals surface area contributed by atoms with Gasteiger partial charge in [-0.3, -0.25) is 14.9 Å². The lowest BCUT2D eigenvalue weighted by atomic mass is 9.97. The molecule has 3 aromatic rings. The fourth-order valence-electron chi connectivity index (χ4n) is 2.50. The normalized spacial score (nSPS) is 10.9. The minimum absolute atomic E-state index is 0.0171. The maximum Gasteiger partial charge on any atom is 0.291 e. The predicted octanol–water partition coefficient (Wildman–Crippen LogP) is 2.49. The Hall–Kier alpha value is -3.15. The van der Waals surface area contributed by atoms with E-state index in [4.69, 9.17) is 0 Å². The maximum atomic E-state index is 12.4. The molecule has 6 heteroatoms. The zero-order chi connectivity index (χ0) is 15.1. The monoisotopic (exact) mass is 282 g/mol. The summed E-state index contributed by atoms with van der Waals surface area (Å²) in [6, 6.07) is 8.83. The van der Waals surface area contributed by atoms with Crippen molar-refractivity contribution >= 4 is 33.5 Å². The van der Waals surface area contributed by atoms with Gasteiger partial charge in [0.2, 0.25) is 0 Å². The van der Waals surface area contributed by atoms with E-state index in [0.29, 0.717) is 6.29 Å². The summed E-state index contributed by atoms with van der Waals surface area (Å²) in [6.07, 6.45) is 0.330.